The molecule has 0 aliphatic rings. The van der Waals surface area contributed by atoms with Gasteiger partial charge >= 0.3 is 6.36 Å². The van der Waals surface area contributed by atoms with Gasteiger partial charge in [-0.15, -0.1) is 18.3 Å². The van der Waals surface area contributed by atoms with Gasteiger partial charge in [0.15, 0.2) is 10.5 Å². The van der Waals surface area contributed by atoms with Crippen LogP contribution in [-0.4, -0.2) is 31.6 Å². The average Bonchev–Trinajstić information content (AvgIpc) is 3.01. The Balaban J connectivity index is 1.85. The molecular weight excluding hydrogens is 420 g/mol. The Kier molecular flexibility index (Phi) is 5.40. The standard InChI is InChI=1S/C17H13Cl2F3N4O2/c1-16(18,19)15(26-13-5-3-2-4-12(13)24-25-26)23-14(27)10-6-8-11(9-7-10)28-17(20,21)22/h2-9,15H,1H3,(H,23,27). The van der Waals surface area contributed by atoms with Crippen LogP contribution in [0, 0.1) is 0 Å². The quantitative estimate of drug-likeness (QED) is 0.604. The molecule has 0 saturated heterocycles. The lowest BCUT2D eigenvalue weighted by molar-refractivity contribution is -0.274. The molecule has 1 atom stereocenters. The van der Waals surface area contributed by atoms with Gasteiger partial charge in [-0.05, 0) is 43.3 Å². The largest absolute Gasteiger partial charge is 0.573 e. The number of nitrogens with zero attached hydrogens (tertiary/aromatic N) is 3. The van der Waals surface area contributed by atoms with Crippen molar-refractivity contribution in [2.24, 2.45) is 0 Å². The number of benzene rings is 2. The van der Waals surface area contributed by atoms with Crippen LogP contribution in [0.2, 0.25) is 0 Å². The van der Waals surface area contributed by atoms with E-state index in [4.69, 9.17) is 23.2 Å². The van der Waals surface area contributed by atoms with Gasteiger partial charge in [0.25, 0.3) is 5.91 Å². The van der Waals surface area contributed by atoms with Crippen LogP contribution in [0.3, 0.4) is 0 Å². The monoisotopic (exact) mass is 432 g/mol. The maximum Gasteiger partial charge on any atom is 0.573 e. The van der Waals surface area contributed by atoms with E-state index in [-0.39, 0.29) is 5.56 Å². The molecule has 1 heterocycles. The summed E-state index contributed by atoms with van der Waals surface area (Å²) in [6.45, 7) is 1.47. The first kappa shape index (κ1) is 20.2. The van der Waals surface area contributed by atoms with E-state index >= 15 is 0 Å². The van der Waals surface area contributed by atoms with Crippen LogP contribution < -0.4 is 10.1 Å². The van der Waals surface area contributed by atoms with Crippen LogP contribution in [0.1, 0.15) is 23.4 Å². The number of amides is 1. The molecule has 11 heteroatoms. The zero-order valence-corrected chi connectivity index (χ0v) is 15.8. The molecule has 3 rings (SSSR count). The van der Waals surface area contributed by atoms with Gasteiger partial charge in [-0.2, -0.15) is 0 Å². The highest BCUT2D eigenvalue weighted by Crippen LogP contribution is 2.33. The minimum atomic E-state index is -4.82. The SMILES string of the molecule is CC(Cl)(Cl)C(NC(=O)c1ccc(OC(F)(F)F)cc1)n1nnc2ccccc21. The van der Waals surface area contributed by atoms with E-state index in [2.05, 4.69) is 20.4 Å². The fraction of sp³-hybridized carbons (Fsp3) is 0.235. The Bertz CT molecular complexity index is 984. The maximum absolute atomic E-state index is 12.6. The molecular formula is C17H13Cl2F3N4O2. The van der Waals surface area contributed by atoms with E-state index < -0.39 is 28.5 Å². The second kappa shape index (κ2) is 7.48. The molecule has 1 aromatic heterocycles. The molecule has 1 amide bonds. The third-order valence-corrected chi connectivity index (χ3v) is 4.13. The van der Waals surface area contributed by atoms with Crippen molar-refractivity contribution in [3.63, 3.8) is 0 Å². The van der Waals surface area contributed by atoms with Gasteiger partial charge in [-0.3, -0.25) is 4.79 Å². The van der Waals surface area contributed by atoms with Gasteiger partial charge in [0.05, 0.1) is 5.52 Å². The molecule has 0 aliphatic heterocycles. The van der Waals surface area contributed by atoms with Crippen LogP contribution in [-0.2, 0) is 0 Å². The molecule has 0 bridgehead atoms. The smallest absolute Gasteiger partial charge is 0.406 e. The summed E-state index contributed by atoms with van der Waals surface area (Å²) in [6.07, 6.45) is -5.82. The Morgan fingerprint density at radius 3 is 2.39 bits per heavy atom. The molecule has 2 aromatic carbocycles. The van der Waals surface area contributed by atoms with Crippen LogP contribution in [0.15, 0.2) is 48.5 Å². The van der Waals surface area contributed by atoms with Crippen LogP contribution in [0.5, 0.6) is 5.75 Å². The van der Waals surface area contributed by atoms with E-state index in [0.29, 0.717) is 11.0 Å². The average molecular weight is 433 g/mol. The molecule has 0 saturated carbocycles. The highest BCUT2D eigenvalue weighted by atomic mass is 35.5. The van der Waals surface area contributed by atoms with Gasteiger partial charge in [0, 0.05) is 5.56 Å². The summed E-state index contributed by atoms with van der Waals surface area (Å²) in [4.78, 5) is 12.6. The number of aromatic nitrogens is 3. The normalized spacial score (nSPS) is 13.4. The number of rotatable bonds is 5. The molecule has 28 heavy (non-hydrogen) atoms. The van der Waals surface area contributed by atoms with Crippen molar-refractivity contribution in [1.29, 1.82) is 0 Å². The molecule has 1 N–H and O–H groups in total. The number of halogens is 5. The van der Waals surface area contributed by atoms with E-state index in [0.717, 1.165) is 12.1 Å². The minimum Gasteiger partial charge on any atom is -0.406 e. The summed E-state index contributed by atoms with van der Waals surface area (Å²) < 4.78 is 40.4. The predicted octanol–water partition coefficient (Wildman–Crippen LogP) is 4.45. The topological polar surface area (TPSA) is 69.0 Å². The van der Waals surface area contributed by atoms with E-state index in [9.17, 15) is 18.0 Å². The maximum atomic E-state index is 12.6. The summed E-state index contributed by atoms with van der Waals surface area (Å²) in [5.74, 6) is -1.06. The minimum absolute atomic E-state index is 0.0847. The van der Waals surface area contributed by atoms with Gasteiger partial charge in [-0.25, -0.2) is 4.68 Å². The highest BCUT2D eigenvalue weighted by molar-refractivity contribution is 6.48. The number of para-hydroxylation sites is 1. The lowest BCUT2D eigenvalue weighted by Gasteiger charge is -2.27. The molecule has 3 aromatic rings. The zero-order valence-electron chi connectivity index (χ0n) is 14.2. The Morgan fingerprint density at radius 2 is 1.79 bits per heavy atom. The zero-order chi connectivity index (χ0) is 20.5. The van der Waals surface area contributed by atoms with Crippen LogP contribution >= 0.6 is 23.2 Å². The molecule has 0 spiro atoms. The third-order valence-electron chi connectivity index (χ3n) is 3.72. The van der Waals surface area contributed by atoms with Gasteiger partial charge < -0.3 is 10.1 Å². The fourth-order valence-electron chi connectivity index (χ4n) is 2.50. The van der Waals surface area contributed by atoms with Gasteiger partial charge in [0.2, 0.25) is 0 Å². The molecule has 1 unspecified atom stereocenters. The highest BCUT2D eigenvalue weighted by Gasteiger charge is 2.35. The Morgan fingerprint density at radius 1 is 1.14 bits per heavy atom. The van der Waals surface area contributed by atoms with Gasteiger partial charge in [0.1, 0.15) is 11.3 Å². The summed E-state index contributed by atoms with van der Waals surface area (Å²) in [5, 5.41) is 10.6. The van der Waals surface area contributed by atoms with Crippen molar-refractivity contribution in [3.8, 4) is 5.75 Å². The molecule has 0 radical (unpaired) electrons. The van der Waals surface area contributed by atoms with Crippen LogP contribution in [0.25, 0.3) is 11.0 Å². The number of hydrogen-bond acceptors (Lipinski definition) is 4. The molecule has 6 nitrogen and oxygen atoms in total. The number of hydrogen-bond donors (Lipinski definition) is 1. The Labute approximate surface area is 167 Å². The lowest BCUT2D eigenvalue weighted by Crippen LogP contribution is -2.42. The molecule has 0 aliphatic carbocycles. The lowest BCUT2D eigenvalue weighted by atomic mass is 10.2. The van der Waals surface area contributed by atoms with Crippen molar-refractivity contribution in [2.75, 3.05) is 0 Å². The van der Waals surface area contributed by atoms with E-state index in [1.54, 1.807) is 24.3 Å². The fourth-order valence-corrected chi connectivity index (χ4v) is 2.79. The third kappa shape index (κ3) is 4.66. The Hall–Kier alpha value is -2.52. The summed E-state index contributed by atoms with van der Waals surface area (Å²) in [5.41, 5.74) is 1.25. The number of alkyl halides is 5. The second-order valence-corrected chi connectivity index (χ2v) is 7.69. The van der Waals surface area contributed by atoms with Crippen LogP contribution in [0.4, 0.5) is 13.2 Å². The number of nitrogens with one attached hydrogen (secondary N) is 1. The molecule has 0 fully saturated rings. The van der Waals surface area contributed by atoms with Crippen molar-refractivity contribution in [3.05, 3.63) is 54.1 Å². The number of ether oxygens (including phenoxy) is 1. The number of fused-ring (bicyclic) bond motifs is 1. The van der Waals surface area contributed by atoms with E-state index in [1.165, 1.54) is 23.7 Å². The predicted molar refractivity (Wildman–Crippen MR) is 97.3 cm³/mol. The van der Waals surface area contributed by atoms with Gasteiger partial charge in [-0.1, -0.05) is 40.5 Å². The van der Waals surface area contributed by atoms with E-state index in [1.807, 2.05) is 0 Å². The number of carbonyl (C=O) groups excluding carboxylic acids is 1. The van der Waals surface area contributed by atoms with Crippen molar-refractivity contribution in [1.82, 2.24) is 20.3 Å². The first-order valence-corrected chi connectivity index (χ1v) is 8.64. The van der Waals surface area contributed by atoms with Crippen molar-refractivity contribution in [2.45, 2.75) is 23.8 Å². The molecule has 148 valence electrons. The van der Waals surface area contributed by atoms with Crippen molar-refractivity contribution >= 4 is 40.1 Å². The second-order valence-electron chi connectivity index (χ2n) is 5.93. The first-order chi connectivity index (χ1) is 13.0. The van der Waals surface area contributed by atoms with Crippen molar-refractivity contribution < 1.29 is 22.7 Å². The number of carbonyl (C=O) groups is 1. The summed E-state index contributed by atoms with van der Waals surface area (Å²) >= 11 is 12.5. The summed E-state index contributed by atoms with van der Waals surface area (Å²) in [7, 11) is 0. The summed E-state index contributed by atoms with van der Waals surface area (Å²) in [6, 6.07) is 11.4. The first-order valence-electron chi connectivity index (χ1n) is 7.89.